The highest BCUT2D eigenvalue weighted by molar-refractivity contribution is 6.01. The van der Waals surface area contributed by atoms with E-state index >= 15 is 0 Å². The van der Waals surface area contributed by atoms with Crippen LogP contribution in [0, 0.1) is 5.92 Å². The van der Waals surface area contributed by atoms with Gasteiger partial charge in [0.05, 0.1) is 11.1 Å². The molecule has 1 aliphatic carbocycles. The molecule has 0 spiro atoms. The van der Waals surface area contributed by atoms with Gasteiger partial charge in [0, 0.05) is 11.5 Å². The van der Waals surface area contributed by atoms with Crippen LogP contribution in [0.25, 0.3) is 11.0 Å². The monoisotopic (exact) mass is 286 g/mol. The topological polar surface area (TPSA) is 55.1 Å². The number of fused-ring (bicyclic) bond motifs is 1. The number of nitrogens with zero attached hydrogens (tertiary/aromatic N) is 2. The predicted molar refractivity (Wildman–Crippen MR) is 82.8 cm³/mol. The molecule has 21 heavy (non-hydrogen) atoms. The van der Waals surface area contributed by atoms with Crippen LogP contribution in [0.1, 0.15) is 62.6 Å². The van der Waals surface area contributed by atoms with Gasteiger partial charge in [-0.1, -0.05) is 19.9 Å². The maximum atomic E-state index is 11.5. The number of hydrogen-bond donors (Lipinski definition) is 1. The zero-order valence-electron chi connectivity index (χ0n) is 13.1. The number of hydrogen-bond acceptors (Lipinski definition) is 2. The molecule has 4 nitrogen and oxygen atoms in total. The average Bonchev–Trinajstić information content (AvgIpc) is 3.17. The molecule has 3 rings (SSSR count). The molecule has 1 aliphatic rings. The third kappa shape index (κ3) is 2.13. The summed E-state index contributed by atoms with van der Waals surface area (Å²) in [6.45, 7) is 8.71. The van der Waals surface area contributed by atoms with Crippen LogP contribution < -0.4 is 0 Å². The van der Waals surface area contributed by atoms with Crippen molar-refractivity contribution in [3.63, 3.8) is 0 Å². The fraction of sp³-hybridized carbons (Fsp3) is 0.529. The van der Waals surface area contributed by atoms with Gasteiger partial charge in [0.15, 0.2) is 0 Å². The molecule has 0 amide bonds. The Bertz CT molecular complexity index is 709. The summed E-state index contributed by atoms with van der Waals surface area (Å²) in [5.74, 6) is 0.985. The average molecular weight is 286 g/mol. The SMILES string of the molecule is CC(C)c1nc2c(C(=O)O)cccc2n1C(C)(C)C1CC1. The number of carboxylic acid groups (broad SMARTS) is 1. The molecule has 1 saturated carbocycles. The fourth-order valence-corrected chi connectivity index (χ4v) is 3.26. The summed E-state index contributed by atoms with van der Waals surface area (Å²) in [6, 6.07) is 5.44. The van der Waals surface area contributed by atoms with Gasteiger partial charge in [-0.05, 0) is 44.7 Å². The van der Waals surface area contributed by atoms with Crippen molar-refractivity contribution in [3.05, 3.63) is 29.6 Å². The van der Waals surface area contributed by atoms with E-state index in [1.807, 2.05) is 12.1 Å². The fourth-order valence-electron chi connectivity index (χ4n) is 3.26. The Morgan fingerprint density at radius 3 is 2.57 bits per heavy atom. The second kappa shape index (κ2) is 4.58. The smallest absolute Gasteiger partial charge is 0.337 e. The molecule has 2 aromatic rings. The van der Waals surface area contributed by atoms with E-state index in [1.165, 1.54) is 12.8 Å². The molecule has 112 valence electrons. The molecule has 1 aromatic heterocycles. The second-order valence-electron chi connectivity index (χ2n) is 6.87. The first kappa shape index (κ1) is 14.1. The minimum absolute atomic E-state index is 0.0223. The van der Waals surface area contributed by atoms with Crippen molar-refractivity contribution in [1.82, 2.24) is 9.55 Å². The van der Waals surface area contributed by atoms with Crippen molar-refractivity contribution in [2.75, 3.05) is 0 Å². The Labute approximate surface area is 124 Å². The number of carbonyl (C=O) groups is 1. The quantitative estimate of drug-likeness (QED) is 0.924. The van der Waals surface area contributed by atoms with E-state index in [0.29, 0.717) is 17.0 Å². The first-order valence-electron chi connectivity index (χ1n) is 7.59. The molecule has 0 radical (unpaired) electrons. The van der Waals surface area contributed by atoms with Gasteiger partial charge in [0.1, 0.15) is 11.3 Å². The molecule has 0 unspecified atom stereocenters. The molecule has 1 N–H and O–H groups in total. The summed E-state index contributed by atoms with van der Waals surface area (Å²) >= 11 is 0. The Hall–Kier alpha value is -1.84. The van der Waals surface area contributed by atoms with Crippen molar-refractivity contribution in [1.29, 1.82) is 0 Å². The molecule has 0 bridgehead atoms. The number of carboxylic acids is 1. The van der Waals surface area contributed by atoms with Crippen LogP contribution >= 0.6 is 0 Å². The van der Waals surface area contributed by atoms with Crippen LogP contribution in [-0.2, 0) is 5.54 Å². The molecule has 0 saturated heterocycles. The Kier molecular flexibility index (Phi) is 3.08. The van der Waals surface area contributed by atoms with Gasteiger partial charge in [-0.3, -0.25) is 0 Å². The molecule has 0 aliphatic heterocycles. The summed E-state index contributed by atoms with van der Waals surface area (Å²) in [7, 11) is 0. The van der Waals surface area contributed by atoms with E-state index in [-0.39, 0.29) is 11.5 Å². The highest BCUT2D eigenvalue weighted by Gasteiger charge is 2.41. The van der Waals surface area contributed by atoms with Crippen LogP contribution in [0.15, 0.2) is 18.2 Å². The molecule has 1 heterocycles. The third-order valence-electron chi connectivity index (χ3n) is 4.61. The highest BCUT2D eigenvalue weighted by atomic mass is 16.4. The summed E-state index contributed by atoms with van der Waals surface area (Å²) in [5.41, 5.74) is 1.82. The van der Waals surface area contributed by atoms with Crippen molar-refractivity contribution >= 4 is 17.0 Å². The number of aromatic carboxylic acids is 1. The van der Waals surface area contributed by atoms with Crippen molar-refractivity contribution in [2.45, 2.75) is 52.0 Å². The Morgan fingerprint density at radius 2 is 2.05 bits per heavy atom. The molecule has 1 aromatic carbocycles. The number of para-hydroxylation sites is 1. The summed E-state index contributed by atoms with van der Waals surface area (Å²) < 4.78 is 2.27. The normalized spacial score (nSPS) is 15.9. The Balaban J connectivity index is 2.33. The van der Waals surface area contributed by atoms with Gasteiger partial charge in [-0.2, -0.15) is 0 Å². The molecular formula is C17H22N2O2. The number of benzene rings is 1. The van der Waals surface area contributed by atoms with Crippen LogP contribution in [0.3, 0.4) is 0 Å². The standard InChI is InChI=1S/C17H22N2O2/c1-10(2)15-18-14-12(16(20)21)6-5-7-13(14)19(15)17(3,4)11-8-9-11/h5-7,10-11H,8-9H2,1-4H3,(H,20,21). The van der Waals surface area contributed by atoms with Crippen molar-refractivity contribution in [2.24, 2.45) is 5.92 Å². The maximum absolute atomic E-state index is 11.5. The lowest BCUT2D eigenvalue weighted by Crippen LogP contribution is -2.30. The van der Waals surface area contributed by atoms with E-state index in [9.17, 15) is 9.90 Å². The predicted octanol–water partition coefficient (Wildman–Crippen LogP) is 4.00. The van der Waals surface area contributed by atoms with Crippen molar-refractivity contribution in [3.8, 4) is 0 Å². The van der Waals surface area contributed by atoms with Gasteiger partial charge >= 0.3 is 5.97 Å². The lowest BCUT2D eigenvalue weighted by atomic mass is 9.96. The van der Waals surface area contributed by atoms with Gasteiger partial charge in [0.25, 0.3) is 0 Å². The van der Waals surface area contributed by atoms with Gasteiger partial charge in [0.2, 0.25) is 0 Å². The van der Waals surface area contributed by atoms with E-state index in [4.69, 9.17) is 4.98 Å². The molecular weight excluding hydrogens is 264 g/mol. The first-order chi connectivity index (χ1) is 9.84. The lowest BCUT2D eigenvalue weighted by molar-refractivity contribution is 0.0699. The molecule has 4 heteroatoms. The van der Waals surface area contributed by atoms with E-state index in [1.54, 1.807) is 6.07 Å². The third-order valence-corrected chi connectivity index (χ3v) is 4.61. The van der Waals surface area contributed by atoms with Gasteiger partial charge in [-0.25, -0.2) is 9.78 Å². The van der Waals surface area contributed by atoms with Gasteiger partial charge < -0.3 is 9.67 Å². The van der Waals surface area contributed by atoms with E-state index in [0.717, 1.165) is 11.3 Å². The van der Waals surface area contributed by atoms with Gasteiger partial charge in [-0.15, -0.1) is 0 Å². The molecule has 1 fully saturated rings. The lowest BCUT2D eigenvalue weighted by Gasteiger charge is -2.30. The summed E-state index contributed by atoms with van der Waals surface area (Å²) in [5, 5.41) is 9.40. The van der Waals surface area contributed by atoms with Crippen LogP contribution in [-0.4, -0.2) is 20.6 Å². The summed E-state index contributed by atoms with van der Waals surface area (Å²) in [6.07, 6.45) is 2.48. The maximum Gasteiger partial charge on any atom is 0.337 e. The summed E-state index contributed by atoms with van der Waals surface area (Å²) in [4.78, 5) is 16.1. The van der Waals surface area contributed by atoms with Crippen molar-refractivity contribution < 1.29 is 9.90 Å². The molecule has 0 atom stereocenters. The number of aromatic nitrogens is 2. The zero-order chi connectivity index (χ0) is 15.4. The highest BCUT2D eigenvalue weighted by Crippen LogP contribution is 2.46. The van der Waals surface area contributed by atoms with E-state index in [2.05, 4.69) is 32.3 Å². The van der Waals surface area contributed by atoms with Crippen LogP contribution in [0.2, 0.25) is 0 Å². The largest absolute Gasteiger partial charge is 0.478 e. The zero-order valence-corrected chi connectivity index (χ0v) is 13.1. The van der Waals surface area contributed by atoms with Crippen LogP contribution in [0.5, 0.6) is 0 Å². The number of rotatable bonds is 4. The number of imidazole rings is 1. The first-order valence-corrected chi connectivity index (χ1v) is 7.59. The second-order valence-corrected chi connectivity index (χ2v) is 6.87. The Morgan fingerprint density at radius 1 is 1.38 bits per heavy atom. The minimum Gasteiger partial charge on any atom is -0.478 e. The van der Waals surface area contributed by atoms with E-state index < -0.39 is 5.97 Å². The minimum atomic E-state index is -0.912. The van der Waals surface area contributed by atoms with Crippen LogP contribution in [0.4, 0.5) is 0 Å².